The molecule has 0 bridgehead atoms. The van der Waals surface area contributed by atoms with Crippen LogP contribution in [0.15, 0.2) is 29.3 Å². The molecule has 28 heavy (non-hydrogen) atoms. The van der Waals surface area contributed by atoms with Crippen molar-refractivity contribution in [2.24, 2.45) is 10.4 Å². The van der Waals surface area contributed by atoms with Crippen molar-refractivity contribution in [3.8, 4) is 0 Å². The number of benzene rings is 1. The van der Waals surface area contributed by atoms with E-state index < -0.39 is 0 Å². The maximum Gasteiger partial charge on any atom is 0.194 e. The molecule has 3 fully saturated rings. The highest BCUT2D eigenvalue weighted by atomic mass is 16.5. The average molecular weight is 386 g/mol. The topological polar surface area (TPSA) is 46.1 Å². The fourth-order valence-corrected chi connectivity index (χ4v) is 4.67. The first-order valence-electron chi connectivity index (χ1n) is 11.1. The molecule has 1 aromatic carbocycles. The Labute approximate surface area is 169 Å². The van der Waals surface area contributed by atoms with Gasteiger partial charge >= 0.3 is 0 Å². The number of likely N-dealkylation sites (tertiary alicyclic amines) is 1. The van der Waals surface area contributed by atoms with Gasteiger partial charge in [0.1, 0.15) is 0 Å². The van der Waals surface area contributed by atoms with E-state index in [4.69, 9.17) is 14.5 Å². The molecule has 1 aliphatic carbocycles. The third-order valence-corrected chi connectivity index (χ3v) is 6.54. The molecule has 3 aliphatic rings. The van der Waals surface area contributed by atoms with Gasteiger partial charge < -0.3 is 19.7 Å². The van der Waals surface area contributed by atoms with Crippen molar-refractivity contribution >= 4 is 5.96 Å². The first kappa shape index (κ1) is 19.7. The summed E-state index contributed by atoms with van der Waals surface area (Å²) in [5, 5.41) is 3.50. The Morgan fingerprint density at radius 2 is 2.07 bits per heavy atom. The predicted molar refractivity (Wildman–Crippen MR) is 112 cm³/mol. The maximum absolute atomic E-state index is 6.07. The molecule has 0 aromatic heterocycles. The van der Waals surface area contributed by atoms with Crippen molar-refractivity contribution in [2.45, 2.75) is 64.7 Å². The van der Waals surface area contributed by atoms with Gasteiger partial charge in [0.15, 0.2) is 5.96 Å². The minimum atomic E-state index is 0.338. The average Bonchev–Trinajstić information content (AvgIpc) is 3.17. The van der Waals surface area contributed by atoms with Gasteiger partial charge in [0, 0.05) is 32.8 Å². The number of guanidine groups is 1. The van der Waals surface area contributed by atoms with Crippen LogP contribution in [0.1, 0.15) is 56.6 Å². The Morgan fingerprint density at radius 1 is 1.25 bits per heavy atom. The van der Waals surface area contributed by atoms with Gasteiger partial charge in [-0.2, -0.15) is 0 Å². The van der Waals surface area contributed by atoms with E-state index in [-0.39, 0.29) is 0 Å². The molecule has 154 valence electrons. The van der Waals surface area contributed by atoms with Crippen LogP contribution in [0, 0.1) is 5.41 Å². The molecule has 1 spiro atoms. The van der Waals surface area contributed by atoms with Gasteiger partial charge in [-0.3, -0.25) is 0 Å². The van der Waals surface area contributed by atoms with Crippen molar-refractivity contribution in [2.75, 3.05) is 32.8 Å². The molecule has 2 aliphatic heterocycles. The third kappa shape index (κ3) is 4.87. The highest BCUT2D eigenvalue weighted by molar-refractivity contribution is 5.80. The van der Waals surface area contributed by atoms with E-state index in [1.165, 1.54) is 43.4 Å². The van der Waals surface area contributed by atoms with Gasteiger partial charge in [-0.25, -0.2) is 4.99 Å². The highest BCUT2D eigenvalue weighted by Crippen LogP contribution is 2.47. The normalized spacial score (nSPS) is 22.5. The van der Waals surface area contributed by atoms with Gasteiger partial charge in [0.2, 0.25) is 0 Å². The van der Waals surface area contributed by atoms with Crippen molar-refractivity contribution in [3.63, 3.8) is 0 Å². The lowest BCUT2D eigenvalue weighted by atomic mass is 9.68. The van der Waals surface area contributed by atoms with Crippen LogP contribution in [-0.4, -0.2) is 49.8 Å². The number of hydrogen-bond acceptors (Lipinski definition) is 3. The number of ether oxygens (including phenoxy) is 2. The van der Waals surface area contributed by atoms with Crippen molar-refractivity contribution in [1.29, 1.82) is 0 Å². The van der Waals surface area contributed by atoms with Gasteiger partial charge in [-0.1, -0.05) is 30.7 Å². The molecular formula is C23H35N3O2. The number of nitrogens with one attached hydrogen (secondary N) is 1. The zero-order valence-electron chi connectivity index (χ0n) is 17.3. The Morgan fingerprint density at radius 3 is 2.79 bits per heavy atom. The minimum absolute atomic E-state index is 0.338. The van der Waals surface area contributed by atoms with E-state index in [0.29, 0.717) is 18.1 Å². The van der Waals surface area contributed by atoms with Crippen molar-refractivity contribution in [3.05, 3.63) is 35.4 Å². The quantitative estimate of drug-likeness (QED) is 0.599. The summed E-state index contributed by atoms with van der Waals surface area (Å²) in [6.45, 7) is 8.44. The van der Waals surface area contributed by atoms with Crippen LogP contribution in [0.2, 0.25) is 0 Å². The van der Waals surface area contributed by atoms with Crippen LogP contribution in [0.25, 0.3) is 0 Å². The number of aliphatic imine (C=N–C) groups is 1. The molecule has 1 N–H and O–H groups in total. The van der Waals surface area contributed by atoms with Crippen LogP contribution in [-0.2, 0) is 22.6 Å². The second-order valence-electron chi connectivity index (χ2n) is 8.64. The van der Waals surface area contributed by atoms with Crippen molar-refractivity contribution in [1.82, 2.24) is 10.2 Å². The molecule has 0 unspecified atom stereocenters. The van der Waals surface area contributed by atoms with E-state index in [1.807, 2.05) is 0 Å². The molecule has 0 atom stereocenters. The first-order chi connectivity index (χ1) is 13.8. The van der Waals surface area contributed by atoms with Gasteiger partial charge in [-0.15, -0.1) is 0 Å². The lowest BCUT2D eigenvalue weighted by Gasteiger charge is -2.38. The monoisotopic (exact) mass is 385 g/mol. The number of hydrogen-bond donors (Lipinski definition) is 1. The maximum atomic E-state index is 6.07. The Kier molecular flexibility index (Phi) is 6.53. The summed E-state index contributed by atoms with van der Waals surface area (Å²) in [5.74, 6) is 1.08. The molecule has 5 nitrogen and oxygen atoms in total. The summed E-state index contributed by atoms with van der Waals surface area (Å²) in [5.41, 5.74) is 3.08. The Hall–Kier alpha value is -1.59. The molecule has 4 rings (SSSR count). The zero-order valence-corrected chi connectivity index (χ0v) is 17.3. The third-order valence-electron chi connectivity index (χ3n) is 6.54. The first-order valence-corrected chi connectivity index (χ1v) is 11.1. The van der Waals surface area contributed by atoms with E-state index in [1.54, 1.807) is 0 Å². The van der Waals surface area contributed by atoms with E-state index in [0.717, 1.165) is 51.6 Å². The summed E-state index contributed by atoms with van der Waals surface area (Å²) < 4.78 is 11.5. The number of rotatable bonds is 6. The second-order valence-corrected chi connectivity index (χ2v) is 8.64. The second kappa shape index (κ2) is 9.27. The SMILES string of the molecule is CCNC(=NCc1cccc(COC2CCOCC2)c1)N1CCC2(CCC2)C1. The van der Waals surface area contributed by atoms with Gasteiger partial charge in [0.25, 0.3) is 0 Å². The van der Waals surface area contributed by atoms with E-state index >= 15 is 0 Å². The van der Waals surface area contributed by atoms with Crippen LogP contribution in [0.5, 0.6) is 0 Å². The zero-order chi connectivity index (χ0) is 19.2. The van der Waals surface area contributed by atoms with Crippen LogP contribution < -0.4 is 5.32 Å². The van der Waals surface area contributed by atoms with Crippen molar-refractivity contribution < 1.29 is 9.47 Å². The summed E-state index contributed by atoms with van der Waals surface area (Å²) in [6, 6.07) is 8.68. The number of nitrogens with zero attached hydrogens (tertiary/aromatic N) is 2. The molecule has 5 heteroatoms. The molecule has 0 amide bonds. The highest BCUT2D eigenvalue weighted by Gasteiger charge is 2.43. The van der Waals surface area contributed by atoms with Gasteiger partial charge in [-0.05, 0) is 55.6 Å². The molecule has 1 aromatic rings. The summed E-state index contributed by atoms with van der Waals surface area (Å²) >= 11 is 0. The smallest absolute Gasteiger partial charge is 0.194 e. The fraction of sp³-hybridized carbons (Fsp3) is 0.696. The molecule has 2 heterocycles. The standard InChI is InChI=1S/C23H35N3O2/c1-2-24-22(26-12-11-23(18-26)9-4-10-23)25-16-19-5-3-6-20(15-19)17-28-21-7-13-27-14-8-21/h3,5-6,15,21H,2,4,7-14,16-18H2,1H3,(H,24,25). The molecular weight excluding hydrogens is 350 g/mol. The molecule has 1 saturated carbocycles. The molecule has 2 saturated heterocycles. The largest absolute Gasteiger partial charge is 0.381 e. The van der Waals surface area contributed by atoms with Crippen LogP contribution in [0.4, 0.5) is 0 Å². The van der Waals surface area contributed by atoms with E-state index in [2.05, 4.69) is 41.4 Å². The summed E-state index contributed by atoms with van der Waals surface area (Å²) in [7, 11) is 0. The summed E-state index contributed by atoms with van der Waals surface area (Å²) in [4.78, 5) is 7.43. The van der Waals surface area contributed by atoms with Gasteiger partial charge in [0.05, 0.1) is 19.3 Å². The minimum Gasteiger partial charge on any atom is -0.381 e. The van der Waals surface area contributed by atoms with Crippen LogP contribution in [0.3, 0.4) is 0 Å². The Balaban J connectivity index is 1.34. The van der Waals surface area contributed by atoms with E-state index in [9.17, 15) is 0 Å². The lowest BCUT2D eigenvalue weighted by molar-refractivity contribution is -0.0390. The molecule has 0 radical (unpaired) electrons. The fourth-order valence-electron chi connectivity index (χ4n) is 4.67. The lowest BCUT2D eigenvalue weighted by Crippen LogP contribution is -2.42. The Bertz CT molecular complexity index is 666. The summed E-state index contributed by atoms with van der Waals surface area (Å²) in [6.07, 6.45) is 7.89. The predicted octanol–water partition coefficient (Wildman–Crippen LogP) is 3.72. The van der Waals surface area contributed by atoms with Crippen LogP contribution >= 0.6 is 0 Å².